The Kier molecular flexibility index (Phi) is 4.06. The minimum Gasteiger partial charge on any atom is -0.443 e. The van der Waals surface area contributed by atoms with Gasteiger partial charge in [0.1, 0.15) is 5.82 Å². The van der Waals surface area contributed by atoms with E-state index in [9.17, 15) is 9.18 Å². The molecule has 1 aromatic carbocycles. The molecule has 1 aromatic heterocycles. The van der Waals surface area contributed by atoms with Crippen LogP contribution in [-0.4, -0.2) is 52.9 Å². The first kappa shape index (κ1) is 15.3. The number of carbonyl (C=O) groups excluding carboxylic acids is 1. The molecule has 1 amide bonds. The quantitative estimate of drug-likeness (QED) is 0.850. The van der Waals surface area contributed by atoms with E-state index in [4.69, 9.17) is 4.42 Å². The van der Waals surface area contributed by atoms with Crippen LogP contribution < -0.4 is 0 Å². The number of hydrogen-bond acceptors (Lipinski definition) is 4. The molecular weight excluding hydrogens is 309 g/mol. The number of oxazole rings is 1. The Balaban J connectivity index is 1.55. The summed E-state index contributed by atoms with van der Waals surface area (Å²) in [6.07, 6.45) is 4.91. The zero-order valence-electron chi connectivity index (χ0n) is 13.4. The van der Waals surface area contributed by atoms with Crippen LogP contribution in [0.5, 0.6) is 0 Å². The van der Waals surface area contributed by atoms with E-state index >= 15 is 0 Å². The molecule has 0 bridgehead atoms. The summed E-state index contributed by atoms with van der Waals surface area (Å²) in [5.41, 5.74) is 0.972. The fourth-order valence-corrected chi connectivity index (χ4v) is 3.69. The molecule has 0 unspecified atom stereocenters. The number of halogens is 1. The average Bonchev–Trinajstić information content (AvgIpc) is 3.11. The summed E-state index contributed by atoms with van der Waals surface area (Å²) in [6.45, 7) is 3.51. The fraction of sp³-hybridized carbons (Fsp3) is 0.444. The second-order valence-corrected chi connectivity index (χ2v) is 6.47. The number of rotatable bonds is 2. The molecule has 2 saturated heterocycles. The number of benzene rings is 1. The first-order valence-electron chi connectivity index (χ1n) is 8.45. The smallest absolute Gasteiger partial charge is 0.276 e. The number of carbonyl (C=O) groups is 1. The van der Waals surface area contributed by atoms with Gasteiger partial charge in [0.25, 0.3) is 5.91 Å². The Bertz CT molecular complexity index is 728. The lowest BCUT2D eigenvalue weighted by Crippen LogP contribution is -2.56. The van der Waals surface area contributed by atoms with E-state index < -0.39 is 0 Å². The third-order valence-electron chi connectivity index (χ3n) is 5.00. The molecule has 5 nitrogen and oxygen atoms in total. The second-order valence-electron chi connectivity index (χ2n) is 6.47. The normalized spacial score (nSPS) is 21.5. The van der Waals surface area contributed by atoms with Crippen LogP contribution in [0, 0.1) is 5.82 Å². The van der Waals surface area contributed by atoms with Gasteiger partial charge in [0.15, 0.2) is 17.8 Å². The average molecular weight is 329 g/mol. The van der Waals surface area contributed by atoms with Crippen LogP contribution in [0.2, 0.25) is 0 Å². The fourth-order valence-electron chi connectivity index (χ4n) is 3.69. The van der Waals surface area contributed by atoms with Crippen LogP contribution in [0.4, 0.5) is 4.39 Å². The molecule has 0 spiro atoms. The Hall–Kier alpha value is -2.21. The van der Waals surface area contributed by atoms with Crippen LogP contribution in [-0.2, 0) is 0 Å². The number of aromatic nitrogens is 1. The van der Waals surface area contributed by atoms with Gasteiger partial charge in [-0.2, -0.15) is 0 Å². The third-order valence-corrected chi connectivity index (χ3v) is 5.00. The minimum atomic E-state index is -0.320. The number of fused-ring (bicyclic) bond motifs is 1. The van der Waals surface area contributed by atoms with Gasteiger partial charge in [-0.15, -0.1) is 0 Å². The molecule has 1 atom stereocenters. The van der Waals surface area contributed by atoms with Crippen molar-refractivity contribution in [2.45, 2.75) is 25.3 Å². The number of piperidine rings is 1. The molecule has 0 N–H and O–H groups in total. The largest absolute Gasteiger partial charge is 0.443 e. The Morgan fingerprint density at radius 3 is 2.83 bits per heavy atom. The van der Waals surface area contributed by atoms with Crippen LogP contribution in [0.15, 0.2) is 35.1 Å². The second kappa shape index (κ2) is 6.36. The first-order valence-corrected chi connectivity index (χ1v) is 8.45. The Morgan fingerprint density at radius 2 is 2.00 bits per heavy atom. The minimum absolute atomic E-state index is 0.103. The van der Waals surface area contributed by atoms with Crippen molar-refractivity contribution in [3.63, 3.8) is 0 Å². The van der Waals surface area contributed by atoms with Gasteiger partial charge >= 0.3 is 0 Å². The van der Waals surface area contributed by atoms with Gasteiger partial charge in [-0.25, -0.2) is 9.37 Å². The van der Waals surface area contributed by atoms with Crippen LogP contribution >= 0.6 is 0 Å². The molecule has 2 aliphatic rings. The van der Waals surface area contributed by atoms with Gasteiger partial charge in [0.2, 0.25) is 0 Å². The maximum Gasteiger partial charge on any atom is 0.276 e. The zero-order valence-corrected chi connectivity index (χ0v) is 13.4. The molecule has 3 heterocycles. The van der Waals surface area contributed by atoms with Gasteiger partial charge in [0, 0.05) is 31.2 Å². The highest BCUT2D eigenvalue weighted by atomic mass is 19.1. The molecular formula is C18H20FN3O2. The maximum atomic E-state index is 13.1. The van der Waals surface area contributed by atoms with Crippen molar-refractivity contribution in [3.8, 4) is 11.3 Å². The van der Waals surface area contributed by atoms with Crippen LogP contribution in [0.3, 0.4) is 0 Å². The number of amides is 1. The Morgan fingerprint density at radius 1 is 1.17 bits per heavy atom. The summed E-state index contributed by atoms with van der Waals surface area (Å²) in [5, 5.41) is 0. The third kappa shape index (κ3) is 2.82. The van der Waals surface area contributed by atoms with Crippen molar-refractivity contribution in [2.24, 2.45) is 0 Å². The van der Waals surface area contributed by atoms with Crippen molar-refractivity contribution in [1.29, 1.82) is 0 Å². The standard InChI is InChI=1S/C18H20FN3O2/c19-14-6-4-13(5-7-14)17-16(20-12-24-17)18(23)22-10-9-21-8-2-1-3-15(21)11-22/h4-7,12,15H,1-3,8-11H2/t15-/m1/s1. The highest BCUT2D eigenvalue weighted by Crippen LogP contribution is 2.26. The van der Waals surface area contributed by atoms with Crippen molar-refractivity contribution < 1.29 is 13.6 Å². The number of piperazine rings is 1. The van der Waals surface area contributed by atoms with Crippen molar-refractivity contribution >= 4 is 5.91 Å². The lowest BCUT2D eigenvalue weighted by molar-refractivity contribution is 0.0369. The van der Waals surface area contributed by atoms with E-state index in [2.05, 4.69) is 9.88 Å². The Labute approximate surface area is 140 Å². The van der Waals surface area contributed by atoms with Crippen LogP contribution in [0.1, 0.15) is 29.8 Å². The van der Waals surface area contributed by atoms with Crippen molar-refractivity contribution in [2.75, 3.05) is 26.2 Å². The molecule has 2 fully saturated rings. The monoisotopic (exact) mass is 329 g/mol. The highest BCUT2D eigenvalue weighted by molar-refractivity contribution is 5.97. The molecule has 126 valence electrons. The molecule has 0 radical (unpaired) electrons. The summed E-state index contributed by atoms with van der Waals surface area (Å²) in [7, 11) is 0. The van der Waals surface area contributed by atoms with E-state index in [1.54, 1.807) is 12.1 Å². The summed E-state index contributed by atoms with van der Waals surface area (Å²) in [4.78, 5) is 21.4. The van der Waals surface area contributed by atoms with Gasteiger partial charge in [-0.05, 0) is 43.7 Å². The number of nitrogens with zero attached hydrogens (tertiary/aromatic N) is 3. The lowest BCUT2D eigenvalue weighted by Gasteiger charge is -2.43. The predicted octanol–water partition coefficient (Wildman–Crippen LogP) is 2.79. The molecule has 6 heteroatoms. The van der Waals surface area contributed by atoms with Gasteiger partial charge < -0.3 is 9.32 Å². The van der Waals surface area contributed by atoms with Gasteiger partial charge in [-0.3, -0.25) is 9.69 Å². The van der Waals surface area contributed by atoms with E-state index in [-0.39, 0.29) is 11.7 Å². The SMILES string of the molecule is O=C(c1ncoc1-c1ccc(F)cc1)N1CCN2CCCC[C@@H]2C1. The summed E-state index contributed by atoms with van der Waals surface area (Å²) < 4.78 is 18.5. The summed E-state index contributed by atoms with van der Waals surface area (Å²) in [6, 6.07) is 6.37. The molecule has 4 rings (SSSR count). The highest BCUT2D eigenvalue weighted by Gasteiger charge is 2.33. The van der Waals surface area contributed by atoms with E-state index in [0.29, 0.717) is 29.6 Å². The van der Waals surface area contributed by atoms with Crippen molar-refractivity contribution in [3.05, 3.63) is 42.2 Å². The zero-order chi connectivity index (χ0) is 16.5. The van der Waals surface area contributed by atoms with E-state index in [1.165, 1.54) is 31.4 Å². The molecule has 24 heavy (non-hydrogen) atoms. The molecule has 2 aliphatic heterocycles. The lowest BCUT2D eigenvalue weighted by atomic mass is 9.99. The molecule has 2 aromatic rings. The number of hydrogen-bond donors (Lipinski definition) is 0. The maximum absolute atomic E-state index is 13.1. The van der Waals surface area contributed by atoms with Gasteiger partial charge in [-0.1, -0.05) is 6.42 Å². The van der Waals surface area contributed by atoms with E-state index in [1.807, 2.05) is 4.90 Å². The predicted molar refractivity (Wildman–Crippen MR) is 87.0 cm³/mol. The molecule has 0 aliphatic carbocycles. The van der Waals surface area contributed by atoms with Crippen molar-refractivity contribution in [1.82, 2.24) is 14.8 Å². The first-order chi connectivity index (χ1) is 11.7. The van der Waals surface area contributed by atoms with Crippen LogP contribution in [0.25, 0.3) is 11.3 Å². The topological polar surface area (TPSA) is 49.6 Å². The molecule has 0 saturated carbocycles. The summed E-state index contributed by atoms with van der Waals surface area (Å²) in [5.74, 6) is -0.0149. The van der Waals surface area contributed by atoms with Gasteiger partial charge in [0.05, 0.1) is 0 Å². The summed E-state index contributed by atoms with van der Waals surface area (Å²) >= 11 is 0. The van der Waals surface area contributed by atoms with E-state index in [0.717, 1.165) is 26.1 Å².